The monoisotopic (exact) mass is 196 g/mol. The molecule has 1 aliphatic heterocycles. The molecule has 0 atom stereocenters. The lowest BCUT2D eigenvalue weighted by molar-refractivity contribution is -0.104. The number of likely N-dealkylation sites (tertiary alicyclic amines) is 1. The maximum atomic E-state index is 7.39. The van der Waals surface area contributed by atoms with E-state index in [4.69, 9.17) is 5.26 Å². The summed E-state index contributed by atoms with van der Waals surface area (Å²) in [5.41, 5.74) is -0.126. The van der Waals surface area contributed by atoms with Crippen molar-refractivity contribution in [2.45, 2.75) is 38.6 Å². The minimum absolute atomic E-state index is 0.126. The van der Waals surface area contributed by atoms with Crippen LogP contribution in [-0.2, 0) is 0 Å². The Balaban J connectivity index is 2.43. The van der Waals surface area contributed by atoms with Gasteiger partial charge in [0.25, 0.3) is 6.07 Å². The fourth-order valence-electron chi connectivity index (χ4n) is 2.16. The SMILES string of the molecule is CCCN1CCC(C#[NH+])(NCC)CC1. The van der Waals surface area contributed by atoms with Gasteiger partial charge < -0.3 is 4.90 Å². The van der Waals surface area contributed by atoms with Crippen LogP contribution in [0.25, 0.3) is 0 Å². The molecule has 14 heavy (non-hydrogen) atoms. The standard InChI is InChI=1S/C11H21N3/c1-3-7-14-8-5-11(10-12,6-9-14)13-4-2/h13H,3-9H2,1-2H3/p+1. The lowest BCUT2D eigenvalue weighted by atomic mass is 9.89. The van der Waals surface area contributed by atoms with Gasteiger partial charge in [-0.15, -0.1) is 0 Å². The highest BCUT2D eigenvalue weighted by Crippen LogP contribution is 2.20. The van der Waals surface area contributed by atoms with Gasteiger partial charge in [-0.2, -0.15) is 0 Å². The van der Waals surface area contributed by atoms with Gasteiger partial charge in [-0.05, 0) is 32.4 Å². The second-order valence-corrected chi connectivity index (χ2v) is 4.08. The molecule has 1 fully saturated rings. The highest BCUT2D eigenvalue weighted by atomic mass is 15.1. The summed E-state index contributed by atoms with van der Waals surface area (Å²) in [6.07, 6.45) is 3.29. The Morgan fingerprint density at radius 2 is 2.00 bits per heavy atom. The van der Waals surface area contributed by atoms with Gasteiger partial charge in [0.15, 0.2) is 5.54 Å². The number of hydrogen-bond acceptors (Lipinski definition) is 2. The Hall–Kier alpha value is -0.590. The van der Waals surface area contributed by atoms with Crippen molar-refractivity contribution >= 4 is 0 Å². The van der Waals surface area contributed by atoms with Crippen molar-refractivity contribution in [2.24, 2.45) is 0 Å². The second-order valence-electron chi connectivity index (χ2n) is 4.08. The third-order valence-corrected chi connectivity index (χ3v) is 3.00. The van der Waals surface area contributed by atoms with Crippen LogP contribution in [0.2, 0.25) is 0 Å². The van der Waals surface area contributed by atoms with Gasteiger partial charge in [0, 0.05) is 13.1 Å². The molecule has 0 radical (unpaired) electrons. The summed E-state index contributed by atoms with van der Waals surface area (Å²) in [5.74, 6) is 0. The van der Waals surface area contributed by atoms with Crippen LogP contribution < -0.4 is 10.6 Å². The van der Waals surface area contributed by atoms with Crippen molar-refractivity contribution in [3.05, 3.63) is 0 Å². The molecule has 80 valence electrons. The second kappa shape index (κ2) is 5.33. The molecule has 0 aromatic carbocycles. The summed E-state index contributed by atoms with van der Waals surface area (Å²) in [6.45, 7) is 8.64. The summed E-state index contributed by atoms with van der Waals surface area (Å²) >= 11 is 0. The fourth-order valence-corrected chi connectivity index (χ4v) is 2.16. The molecule has 1 aliphatic rings. The summed E-state index contributed by atoms with van der Waals surface area (Å²) in [6, 6.07) is 2.69. The number of nitrogens with zero attached hydrogens (tertiary/aromatic N) is 1. The zero-order valence-electron chi connectivity index (χ0n) is 9.40. The Kier molecular flexibility index (Phi) is 4.37. The van der Waals surface area contributed by atoms with Gasteiger partial charge >= 0.3 is 0 Å². The molecule has 1 heterocycles. The van der Waals surface area contributed by atoms with Gasteiger partial charge in [0.05, 0.1) is 0 Å². The summed E-state index contributed by atoms with van der Waals surface area (Å²) < 4.78 is 0. The molecule has 2 N–H and O–H groups in total. The van der Waals surface area contributed by atoms with Crippen LogP contribution in [0.4, 0.5) is 0 Å². The van der Waals surface area contributed by atoms with Crippen LogP contribution in [0.3, 0.4) is 0 Å². The highest BCUT2D eigenvalue weighted by molar-refractivity contribution is 5.08. The molecule has 0 unspecified atom stereocenters. The quantitative estimate of drug-likeness (QED) is 0.643. The zero-order chi connectivity index (χ0) is 10.4. The van der Waals surface area contributed by atoms with E-state index < -0.39 is 0 Å². The molecular formula is C11H22N3+. The smallest absolute Gasteiger partial charge is 0.292 e. The Morgan fingerprint density at radius 1 is 1.36 bits per heavy atom. The van der Waals surface area contributed by atoms with E-state index >= 15 is 0 Å². The number of rotatable bonds is 4. The van der Waals surface area contributed by atoms with Crippen molar-refractivity contribution in [1.29, 1.82) is 0 Å². The summed E-state index contributed by atoms with van der Waals surface area (Å²) in [7, 11) is 0. The first-order valence-corrected chi connectivity index (χ1v) is 5.67. The molecule has 0 aromatic rings. The third-order valence-electron chi connectivity index (χ3n) is 3.00. The van der Waals surface area contributed by atoms with Crippen molar-refractivity contribution in [1.82, 2.24) is 10.2 Å². The van der Waals surface area contributed by atoms with Gasteiger partial charge in [-0.25, -0.2) is 0 Å². The first-order valence-electron chi connectivity index (χ1n) is 5.67. The van der Waals surface area contributed by atoms with Crippen molar-refractivity contribution in [3.8, 4) is 6.07 Å². The van der Waals surface area contributed by atoms with E-state index in [1.807, 2.05) is 0 Å². The minimum atomic E-state index is -0.126. The van der Waals surface area contributed by atoms with E-state index in [2.05, 4.69) is 30.1 Å². The predicted octanol–water partition coefficient (Wildman–Crippen LogP) is -0.387. The Labute approximate surface area is 87.1 Å². The Morgan fingerprint density at radius 3 is 2.43 bits per heavy atom. The summed E-state index contributed by atoms with van der Waals surface area (Å²) in [4.78, 5) is 2.48. The van der Waals surface area contributed by atoms with Crippen molar-refractivity contribution in [2.75, 3.05) is 26.2 Å². The number of piperidine rings is 1. The van der Waals surface area contributed by atoms with E-state index in [1.54, 1.807) is 0 Å². The molecule has 1 saturated heterocycles. The van der Waals surface area contributed by atoms with Crippen molar-refractivity contribution < 1.29 is 5.26 Å². The maximum Gasteiger partial charge on any atom is 0.292 e. The molecule has 0 amide bonds. The average molecular weight is 196 g/mol. The first kappa shape index (κ1) is 11.5. The van der Waals surface area contributed by atoms with E-state index in [9.17, 15) is 0 Å². The highest BCUT2D eigenvalue weighted by Gasteiger charge is 2.36. The molecule has 0 spiro atoms. The lowest BCUT2D eigenvalue weighted by Gasteiger charge is -2.35. The maximum absolute atomic E-state index is 7.39. The molecule has 1 rings (SSSR count). The van der Waals surface area contributed by atoms with Crippen LogP contribution in [0, 0.1) is 6.07 Å². The van der Waals surface area contributed by atoms with Gasteiger partial charge in [0.1, 0.15) is 0 Å². The topological polar surface area (TPSA) is 39.1 Å². The third kappa shape index (κ3) is 2.70. The van der Waals surface area contributed by atoms with E-state index in [-0.39, 0.29) is 5.54 Å². The largest absolute Gasteiger partial charge is 0.303 e. The zero-order valence-corrected chi connectivity index (χ0v) is 9.40. The number of hydrogen-bond donors (Lipinski definition) is 2. The van der Waals surface area contributed by atoms with Crippen LogP contribution >= 0.6 is 0 Å². The molecule has 0 bridgehead atoms. The van der Waals surface area contributed by atoms with E-state index in [0.29, 0.717) is 0 Å². The minimum Gasteiger partial charge on any atom is -0.303 e. The fraction of sp³-hybridized carbons (Fsp3) is 0.909. The first-order chi connectivity index (χ1) is 6.76. The van der Waals surface area contributed by atoms with Gasteiger partial charge in [-0.3, -0.25) is 5.32 Å². The van der Waals surface area contributed by atoms with Crippen LogP contribution in [0.15, 0.2) is 0 Å². The van der Waals surface area contributed by atoms with Crippen molar-refractivity contribution in [3.63, 3.8) is 0 Å². The Bertz CT molecular complexity index is 199. The molecule has 0 saturated carbocycles. The number of nitrogens with one attached hydrogen (secondary N) is 2. The van der Waals surface area contributed by atoms with E-state index in [0.717, 1.165) is 32.5 Å². The van der Waals surface area contributed by atoms with Gasteiger partial charge in [-0.1, -0.05) is 19.1 Å². The van der Waals surface area contributed by atoms with Crippen LogP contribution in [0.1, 0.15) is 33.1 Å². The summed E-state index contributed by atoms with van der Waals surface area (Å²) in [5, 5.41) is 10.8. The lowest BCUT2D eigenvalue weighted by Crippen LogP contribution is -2.55. The molecule has 0 aromatic heterocycles. The molecule has 0 aliphatic carbocycles. The predicted molar refractivity (Wildman–Crippen MR) is 57.2 cm³/mol. The molecular weight excluding hydrogens is 174 g/mol. The van der Waals surface area contributed by atoms with Crippen LogP contribution in [-0.4, -0.2) is 36.6 Å². The average Bonchev–Trinajstić information content (AvgIpc) is 2.22. The van der Waals surface area contributed by atoms with Gasteiger partial charge in [0.2, 0.25) is 0 Å². The van der Waals surface area contributed by atoms with E-state index in [1.165, 1.54) is 13.0 Å². The normalized spacial score (nSPS) is 21.8. The van der Waals surface area contributed by atoms with Crippen LogP contribution in [0.5, 0.6) is 0 Å². The molecule has 3 nitrogen and oxygen atoms in total. The molecule has 3 heteroatoms.